The van der Waals surface area contributed by atoms with Gasteiger partial charge in [0, 0.05) is 12.6 Å². The van der Waals surface area contributed by atoms with E-state index in [-0.39, 0.29) is 6.10 Å². The molecule has 0 bridgehead atoms. The van der Waals surface area contributed by atoms with Gasteiger partial charge in [-0.05, 0) is 33.7 Å². The molecule has 0 saturated carbocycles. The van der Waals surface area contributed by atoms with Gasteiger partial charge in [-0.1, -0.05) is 0 Å². The Bertz CT molecular complexity index is 208. The lowest BCUT2D eigenvalue weighted by atomic mass is 10.0. The molecule has 0 aromatic heterocycles. The number of likely N-dealkylation sites (tertiary alicyclic amines) is 1. The maximum atomic E-state index is 10.6. The average molecular weight is 201 g/mol. The summed E-state index contributed by atoms with van der Waals surface area (Å²) in [5.74, 6) is -0.878. The Hall–Kier alpha value is -0.610. The molecule has 1 aliphatic rings. The summed E-state index contributed by atoms with van der Waals surface area (Å²) in [4.78, 5) is 12.9. The molecule has 1 saturated heterocycles. The van der Waals surface area contributed by atoms with E-state index in [9.17, 15) is 4.79 Å². The van der Waals surface area contributed by atoms with Gasteiger partial charge in [0.15, 0.2) is 6.10 Å². The molecule has 14 heavy (non-hydrogen) atoms. The molecule has 4 nitrogen and oxygen atoms in total. The van der Waals surface area contributed by atoms with Gasteiger partial charge in [0.2, 0.25) is 0 Å². The van der Waals surface area contributed by atoms with Crippen molar-refractivity contribution in [2.24, 2.45) is 0 Å². The lowest BCUT2D eigenvalue weighted by Crippen LogP contribution is -2.42. The molecule has 0 radical (unpaired) electrons. The topological polar surface area (TPSA) is 49.8 Å². The number of carboxylic acid groups (broad SMARTS) is 1. The lowest BCUT2D eigenvalue weighted by molar-refractivity contribution is -0.155. The van der Waals surface area contributed by atoms with Gasteiger partial charge < -0.3 is 14.7 Å². The summed E-state index contributed by atoms with van der Waals surface area (Å²) < 4.78 is 5.45. The first-order chi connectivity index (χ1) is 6.50. The number of carboxylic acids is 1. The highest BCUT2D eigenvalue weighted by Crippen LogP contribution is 2.19. The van der Waals surface area contributed by atoms with Crippen LogP contribution in [0.3, 0.4) is 0 Å². The van der Waals surface area contributed by atoms with Gasteiger partial charge in [-0.25, -0.2) is 4.79 Å². The summed E-state index contributed by atoms with van der Waals surface area (Å²) in [6.45, 7) is 4.71. The molecule has 0 spiro atoms. The Morgan fingerprint density at radius 2 is 2.29 bits per heavy atom. The van der Waals surface area contributed by atoms with Gasteiger partial charge in [-0.3, -0.25) is 0 Å². The number of piperidine rings is 1. The highest BCUT2D eigenvalue weighted by molar-refractivity contribution is 5.71. The van der Waals surface area contributed by atoms with Crippen molar-refractivity contribution in [3.05, 3.63) is 0 Å². The predicted molar refractivity (Wildman–Crippen MR) is 53.3 cm³/mol. The summed E-state index contributed by atoms with van der Waals surface area (Å²) in [7, 11) is 2.08. The average Bonchev–Trinajstić information content (AvgIpc) is 2.11. The SMILES string of the molecule is CC(OC1CCN(C)C(C)C1)C(=O)O. The standard InChI is InChI=1S/C10H19NO3/c1-7-6-9(4-5-11(7)3)14-8(2)10(12)13/h7-9H,4-6H2,1-3H3,(H,12,13). The van der Waals surface area contributed by atoms with E-state index in [1.807, 2.05) is 0 Å². The van der Waals surface area contributed by atoms with E-state index in [0.29, 0.717) is 6.04 Å². The fourth-order valence-corrected chi connectivity index (χ4v) is 1.72. The molecular weight excluding hydrogens is 182 g/mol. The lowest BCUT2D eigenvalue weighted by Gasteiger charge is -2.35. The summed E-state index contributed by atoms with van der Waals surface area (Å²) >= 11 is 0. The van der Waals surface area contributed by atoms with E-state index in [1.165, 1.54) is 0 Å². The quantitative estimate of drug-likeness (QED) is 0.739. The summed E-state index contributed by atoms with van der Waals surface area (Å²) in [5, 5.41) is 8.70. The smallest absolute Gasteiger partial charge is 0.332 e. The van der Waals surface area contributed by atoms with Crippen LogP contribution in [0.15, 0.2) is 0 Å². The minimum Gasteiger partial charge on any atom is -0.479 e. The number of rotatable bonds is 3. The largest absolute Gasteiger partial charge is 0.479 e. The van der Waals surface area contributed by atoms with E-state index in [2.05, 4.69) is 18.9 Å². The van der Waals surface area contributed by atoms with Crippen molar-refractivity contribution < 1.29 is 14.6 Å². The molecule has 1 heterocycles. The van der Waals surface area contributed by atoms with Gasteiger partial charge in [-0.2, -0.15) is 0 Å². The highest BCUT2D eigenvalue weighted by atomic mass is 16.5. The number of aliphatic carboxylic acids is 1. The van der Waals surface area contributed by atoms with Gasteiger partial charge in [0.25, 0.3) is 0 Å². The third kappa shape index (κ3) is 2.96. The van der Waals surface area contributed by atoms with Crippen LogP contribution in [0.2, 0.25) is 0 Å². The molecule has 1 fully saturated rings. The maximum Gasteiger partial charge on any atom is 0.332 e. The third-order valence-corrected chi connectivity index (χ3v) is 2.90. The molecule has 3 unspecified atom stereocenters. The van der Waals surface area contributed by atoms with Crippen LogP contribution >= 0.6 is 0 Å². The Morgan fingerprint density at radius 1 is 1.64 bits per heavy atom. The van der Waals surface area contributed by atoms with E-state index >= 15 is 0 Å². The molecule has 82 valence electrons. The zero-order chi connectivity index (χ0) is 10.7. The molecule has 3 atom stereocenters. The van der Waals surface area contributed by atoms with Crippen LogP contribution in [0.1, 0.15) is 26.7 Å². The summed E-state index contributed by atoms with van der Waals surface area (Å²) in [6, 6.07) is 0.481. The molecule has 0 amide bonds. The van der Waals surface area contributed by atoms with E-state index in [0.717, 1.165) is 19.4 Å². The number of ether oxygens (including phenoxy) is 1. The maximum absolute atomic E-state index is 10.6. The van der Waals surface area contributed by atoms with Crippen molar-refractivity contribution in [3.63, 3.8) is 0 Å². The number of nitrogens with zero attached hydrogens (tertiary/aromatic N) is 1. The number of carbonyl (C=O) groups is 1. The predicted octanol–water partition coefficient (Wildman–Crippen LogP) is 0.959. The highest BCUT2D eigenvalue weighted by Gasteiger charge is 2.26. The van der Waals surface area contributed by atoms with Crippen LogP contribution in [-0.2, 0) is 9.53 Å². The van der Waals surface area contributed by atoms with E-state index in [1.54, 1.807) is 6.92 Å². The van der Waals surface area contributed by atoms with Crippen molar-refractivity contribution in [1.29, 1.82) is 0 Å². The zero-order valence-electron chi connectivity index (χ0n) is 9.06. The second-order valence-corrected chi connectivity index (χ2v) is 4.09. The molecule has 4 heteroatoms. The first kappa shape index (κ1) is 11.5. The second-order valence-electron chi connectivity index (χ2n) is 4.09. The van der Waals surface area contributed by atoms with Crippen LogP contribution in [0.5, 0.6) is 0 Å². The van der Waals surface area contributed by atoms with E-state index < -0.39 is 12.1 Å². The minimum absolute atomic E-state index is 0.104. The molecular formula is C10H19NO3. The van der Waals surface area contributed by atoms with E-state index in [4.69, 9.17) is 9.84 Å². The molecule has 1 rings (SSSR count). The van der Waals surface area contributed by atoms with Crippen molar-refractivity contribution in [2.75, 3.05) is 13.6 Å². The fourth-order valence-electron chi connectivity index (χ4n) is 1.72. The normalized spacial score (nSPS) is 31.4. The van der Waals surface area contributed by atoms with Gasteiger partial charge >= 0.3 is 5.97 Å². The minimum atomic E-state index is -0.878. The molecule has 0 aromatic carbocycles. The molecule has 0 aromatic rings. The van der Waals surface area contributed by atoms with Crippen LogP contribution in [-0.4, -0.2) is 47.8 Å². The molecule has 1 N–H and O–H groups in total. The first-order valence-electron chi connectivity index (χ1n) is 5.09. The van der Waals surface area contributed by atoms with Gasteiger partial charge in [0.05, 0.1) is 6.10 Å². The Morgan fingerprint density at radius 3 is 2.79 bits per heavy atom. The summed E-state index contributed by atoms with van der Waals surface area (Å²) in [5.41, 5.74) is 0. The number of hydrogen-bond acceptors (Lipinski definition) is 3. The Labute approximate surface area is 84.8 Å². The first-order valence-corrected chi connectivity index (χ1v) is 5.09. The van der Waals surface area contributed by atoms with Crippen LogP contribution in [0.25, 0.3) is 0 Å². The van der Waals surface area contributed by atoms with Crippen LogP contribution < -0.4 is 0 Å². The van der Waals surface area contributed by atoms with Crippen molar-refractivity contribution in [1.82, 2.24) is 4.90 Å². The second kappa shape index (κ2) is 4.75. The molecule has 0 aliphatic carbocycles. The van der Waals surface area contributed by atoms with Crippen molar-refractivity contribution >= 4 is 5.97 Å². The zero-order valence-corrected chi connectivity index (χ0v) is 9.06. The number of hydrogen-bond donors (Lipinski definition) is 1. The van der Waals surface area contributed by atoms with Crippen LogP contribution in [0.4, 0.5) is 0 Å². The van der Waals surface area contributed by atoms with Crippen molar-refractivity contribution in [2.45, 2.75) is 44.9 Å². The summed E-state index contributed by atoms with van der Waals surface area (Å²) in [6.07, 6.45) is 1.27. The Kier molecular flexibility index (Phi) is 3.89. The molecule has 1 aliphatic heterocycles. The third-order valence-electron chi connectivity index (χ3n) is 2.90. The Balaban J connectivity index is 2.36. The fraction of sp³-hybridized carbons (Fsp3) is 0.900. The van der Waals surface area contributed by atoms with Gasteiger partial charge in [0.1, 0.15) is 0 Å². The van der Waals surface area contributed by atoms with Crippen molar-refractivity contribution in [3.8, 4) is 0 Å². The monoisotopic (exact) mass is 201 g/mol. The van der Waals surface area contributed by atoms with Gasteiger partial charge in [-0.15, -0.1) is 0 Å². The van der Waals surface area contributed by atoms with Crippen LogP contribution in [0, 0.1) is 0 Å².